The Hall–Kier alpha value is -1.90. The Morgan fingerprint density at radius 3 is 1.21 bits per heavy atom. The van der Waals surface area contributed by atoms with E-state index in [4.69, 9.17) is 0 Å². The molecule has 0 amide bonds. The molecular formula is C22H22S2. The van der Waals surface area contributed by atoms with Crippen molar-refractivity contribution in [3.63, 3.8) is 0 Å². The zero-order chi connectivity index (χ0) is 17.1. The van der Waals surface area contributed by atoms with Gasteiger partial charge in [-0.15, -0.1) is 22.7 Å². The molecule has 2 aromatic heterocycles. The van der Waals surface area contributed by atoms with E-state index in [2.05, 4.69) is 59.3 Å². The van der Waals surface area contributed by atoms with E-state index >= 15 is 0 Å². The summed E-state index contributed by atoms with van der Waals surface area (Å²) in [5.74, 6) is 0. The third-order valence-electron chi connectivity index (χ3n) is 3.94. The van der Waals surface area contributed by atoms with Crippen LogP contribution in [0.3, 0.4) is 0 Å². The zero-order valence-corrected chi connectivity index (χ0v) is 16.2. The average Bonchev–Trinajstić information content (AvgIpc) is 3.27. The fraction of sp³-hybridized carbons (Fsp3) is 0.182. The molecule has 0 saturated heterocycles. The molecule has 0 atom stereocenters. The molecule has 0 radical (unpaired) electrons. The normalized spacial score (nSPS) is 10.5. The van der Waals surface area contributed by atoms with E-state index in [9.17, 15) is 0 Å². The summed E-state index contributed by atoms with van der Waals surface area (Å²) in [6.07, 6.45) is 0. The Kier molecular flexibility index (Phi) is 5.17. The van der Waals surface area contributed by atoms with Gasteiger partial charge < -0.3 is 0 Å². The van der Waals surface area contributed by atoms with Gasteiger partial charge in [0.05, 0.1) is 0 Å². The van der Waals surface area contributed by atoms with Gasteiger partial charge in [0.2, 0.25) is 0 Å². The largest absolute Gasteiger partial charge is 0.144 e. The van der Waals surface area contributed by atoms with Gasteiger partial charge in [-0.2, -0.15) is 0 Å². The van der Waals surface area contributed by atoms with Crippen LogP contribution < -0.4 is 0 Å². The summed E-state index contributed by atoms with van der Waals surface area (Å²) in [7, 11) is 0. The highest BCUT2D eigenvalue weighted by Gasteiger charge is 2.04. The van der Waals surface area contributed by atoms with E-state index in [1.807, 2.05) is 50.4 Å². The molecule has 2 heteroatoms. The molecule has 0 aliphatic heterocycles. The quantitative estimate of drug-likeness (QED) is 0.246. The van der Waals surface area contributed by atoms with Gasteiger partial charge in [0, 0.05) is 9.40 Å². The molecule has 3 aromatic carbocycles. The third-order valence-corrected chi connectivity index (χ3v) is 5.70. The van der Waals surface area contributed by atoms with E-state index in [0.717, 1.165) is 0 Å². The van der Waals surface area contributed by atoms with E-state index in [0.29, 0.717) is 0 Å². The molecule has 0 spiro atoms. The average molecular weight is 351 g/mol. The summed E-state index contributed by atoms with van der Waals surface area (Å²) >= 11 is 3.63. The second kappa shape index (κ2) is 7.33. The lowest BCUT2D eigenvalue weighted by atomic mass is 10.0. The molecule has 122 valence electrons. The minimum atomic E-state index is 1.33. The fourth-order valence-corrected chi connectivity index (χ4v) is 4.56. The molecule has 0 bridgehead atoms. The second-order valence-electron chi connectivity index (χ2n) is 5.17. The minimum Gasteiger partial charge on any atom is -0.144 e. The number of thiophene rings is 2. The maximum absolute atomic E-state index is 2.32. The van der Waals surface area contributed by atoms with Crippen LogP contribution in [0.1, 0.15) is 27.7 Å². The molecule has 0 aliphatic rings. The predicted octanol–water partition coefficient (Wildman–Crippen LogP) is 8.47. The Morgan fingerprint density at radius 2 is 0.792 bits per heavy atom. The van der Waals surface area contributed by atoms with Gasteiger partial charge in [-0.3, -0.25) is 0 Å². The lowest BCUT2D eigenvalue weighted by molar-refractivity contribution is 1.50. The van der Waals surface area contributed by atoms with Crippen LogP contribution in [0, 0.1) is 0 Å². The molecule has 0 aliphatic carbocycles. The summed E-state index contributed by atoms with van der Waals surface area (Å²) in [6, 6.07) is 18.3. The predicted molar refractivity (Wildman–Crippen MR) is 115 cm³/mol. The maximum Gasteiger partial charge on any atom is 0.0349 e. The molecule has 0 fully saturated rings. The van der Waals surface area contributed by atoms with Crippen LogP contribution in [0.5, 0.6) is 0 Å². The number of rotatable bonds is 0. The monoisotopic (exact) mass is 350 g/mol. The van der Waals surface area contributed by atoms with Crippen LogP contribution >= 0.6 is 22.7 Å². The molecule has 0 nitrogen and oxygen atoms in total. The molecule has 5 aromatic rings. The highest BCUT2D eigenvalue weighted by Crippen LogP contribution is 2.32. The van der Waals surface area contributed by atoms with Crippen LogP contribution in [0.2, 0.25) is 0 Å². The van der Waals surface area contributed by atoms with Gasteiger partial charge in [-0.25, -0.2) is 0 Å². The SMILES string of the molecule is CC.CC.c1cc2cc3cc4cc5sccc5cc4cc3cc2s1. The van der Waals surface area contributed by atoms with Crippen LogP contribution in [0.15, 0.2) is 59.3 Å². The summed E-state index contributed by atoms with van der Waals surface area (Å²) in [5, 5.41) is 12.4. The van der Waals surface area contributed by atoms with E-state index < -0.39 is 0 Å². The van der Waals surface area contributed by atoms with Gasteiger partial charge in [-0.1, -0.05) is 27.7 Å². The molecule has 0 unspecified atom stereocenters. The van der Waals surface area contributed by atoms with Gasteiger partial charge in [0.1, 0.15) is 0 Å². The smallest absolute Gasteiger partial charge is 0.0349 e. The highest BCUT2D eigenvalue weighted by atomic mass is 32.1. The summed E-state index contributed by atoms with van der Waals surface area (Å²) in [5.41, 5.74) is 0. The lowest BCUT2D eigenvalue weighted by Gasteiger charge is -2.04. The van der Waals surface area contributed by atoms with E-state index in [1.54, 1.807) is 0 Å². The first-order valence-corrected chi connectivity index (χ1v) is 10.3. The molecule has 0 N–H and O–H groups in total. The minimum absolute atomic E-state index is 1.33. The molecule has 0 saturated carbocycles. The summed E-state index contributed by atoms with van der Waals surface area (Å²) in [6.45, 7) is 8.00. The van der Waals surface area contributed by atoms with Gasteiger partial charge in [0.15, 0.2) is 0 Å². The Balaban J connectivity index is 0.000000396. The van der Waals surface area contributed by atoms with Crippen molar-refractivity contribution in [2.24, 2.45) is 0 Å². The van der Waals surface area contributed by atoms with Gasteiger partial charge >= 0.3 is 0 Å². The first-order valence-electron chi connectivity index (χ1n) is 8.59. The topological polar surface area (TPSA) is 0 Å². The van der Waals surface area contributed by atoms with Gasteiger partial charge in [0.25, 0.3) is 0 Å². The molecule has 2 heterocycles. The van der Waals surface area contributed by atoms with E-state index in [1.165, 1.54) is 41.7 Å². The Labute approximate surface area is 151 Å². The standard InChI is InChI=1S/C18H10S2.2C2H6/c1-3-19-17-9-15-8-14-6-12-2-4-20-18(12)10-16(14)7-13(15)5-11(1)17;2*1-2/h1-10H;2*1-2H3. The van der Waals surface area contributed by atoms with Crippen molar-refractivity contribution in [3.05, 3.63) is 59.3 Å². The molecule has 5 rings (SSSR count). The number of hydrogen-bond donors (Lipinski definition) is 0. The summed E-state index contributed by atoms with van der Waals surface area (Å²) in [4.78, 5) is 0. The zero-order valence-electron chi connectivity index (χ0n) is 14.6. The van der Waals surface area contributed by atoms with Crippen molar-refractivity contribution < 1.29 is 0 Å². The van der Waals surface area contributed by atoms with Gasteiger partial charge in [-0.05, 0) is 91.6 Å². The van der Waals surface area contributed by atoms with Crippen LogP contribution in [-0.4, -0.2) is 0 Å². The van der Waals surface area contributed by atoms with E-state index in [-0.39, 0.29) is 0 Å². The first kappa shape index (κ1) is 16.9. The number of benzene rings is 3. The van der Waals surface area contributed by atoms with Crippen LogP contribution in [0.25, 0.3) is 41.7 Å². The maximum atomic E-state index is 2.32. The number of fused-ring (bicyclic) bond motifs is 4. The molecule has 24 heavy (non-hydrogen) atoms. The van der Waals surface area contributed by atoms with Crippen molar-refractivity contribution >= 4 is 64.4 Å². The van der Waals surface area contributed by atoms with Crippen molar-refractivity contribution in [2.45, 2.75) is 27.7 Å². The molecular weight excluding hydrogens is 328 g/mol. The van der Waals surface area contributed by atoms with Crippen molar-refractivity contribution in [2.75, 3.05) is 0 Å². The van der Waals surface area contributed by atoms with Crippen LogP contribution in [0.4, 0.5) is 0 Å². The number of hydrogen-bond acceptors (Lipinski definition) is 2. The Morgan fingerprint density at radius 1 is 0.458 bits per heavy atom. The third kappa shape index (κ3) is 2.92. The van der Waals surface area contributed by atoms with Crippen LogP contribution in [-0.2, 0) is 0 Å². The lowest BCUT2D eigenvalue weighted by Crippen LogP contribution is -1.76. The fourth-order valence-electron chi connectivity index (χ4n) is 2.92. The first-order chi connectivity index (χ1) is 11.9. The van der Waals surface area contributed by atoms with Crippen molar-refractivity contribution in [1.82, 2.24) is 0 Å². The van der Waals surface area contributed by atoms with Crippen molar-refractivity contribution in [3.8, 4) is 0 Å². The second-order valence-corrected chi connectivity index (χ2v) is 7.06. The summed E-state index contributed by atoms with van der Waals surface area (Å²) < 4.78 is 2.74. The highest BCUT2D eigenvalue weighted by molar-refractivity contribution is 7.17. The van der Waals surface area contributed by atoms with Crippen molar-refractivity contribution in [1.29, 1.82) is 0 Å². The Bertz CT molecular complexity index is 927.